The molecule has 2 N–H and O–H groups in total. The Balaban J connectivity index is 1.63. The lowest BCUT2D eigenvalue weighted by molar-refractivity contribution is 0.313. The van der Waals surface area contributed by atoms with Crippen molar-refractivity contribution in [1.82, 2.24) is 14.5 Å². The maximum atomic E-state index is 5.66. The zero-order valence-electron chi connectivity index (χ0n) is 9.18. The van der Waals surface area contributed by atoms with Crippen LogP contribution in [0.15, 0.2) is 18.7 Å². The van der Waals surface area contributed by atoms with E-state index >= 15 is 0 Å². The molecule has 2 heterocycles. The second-order valence-corrected chi connectivity index (χ2v) is 4.35. The van der Waals surface area contributed by atoms with Gasteiger partial charge in [-0.3, -0.25) is 0 Å². The summed E-state index contributed by atoms with van der Waals surface area (Å²) in [5.74, 6) is 0.734. The van der Waals surface area contributed by atoms with Crippen molar-refractivity contribution in [3.05, 3.63) is 18.7 Å². The average Bonchev–Trinajstić information content (AvgIpc) is 2.88. The molecule has 4 nitrogen and oxygen atoms in total. The van der Waals surface area contributed by atoms with Gasteiger partial charge in [-0.15, -0.1) is 0 Å². The van der Waals surface area contributed by atoms with Crippen molar-refractivity contribution >= 4 is 0 Å². The second kappa shape index (κ2) is 5.28. The molecule has 1 fully saturated rings. The van der Waals surface area contributed by atoms with Gasteiger partial charge in [-0.1, -0.05) is 0 Å². The Morgan fingerprint density at radius 1 is 1.40 bits per heavy atom. The van der Waals surface area contributed by atoms with E-state index in [0.717, 1.165) is 19.0 Å². The highest BCUT2D eigenvalue weighted by atomic mass is 15.1. The van der Waals surface area contributed by atoms with Crippen LogP contribution in [0.2, 0.25) is 0 Å². The Morgan fingerprint density at radius 3 is 3.00 bits per heavy atom. The van der Waals surface area contributed by atoms with Gasteiger partial charge < -0.3 is 15.2 Å². The summed E-state index contributed by atoms with van der Waals surface area (Å²) in [4.78, 5) is 6.55. The minimum atomic E-state index is 0.734. The Morgan fingerprint density at radius 2 is 2.33 bits per heavy atom. The zero-order valence-corrected chi connectivity index (χ0v) is 9.18. The van der Waals surface area contributed by atoms with Crippen LogP contribution in [0.25, 0.3) is 0 Å². The molecule has 0 amide bonds. The third-order valence-electron chi connectivity index (χ3n) is 3.15. The molecule has 1 unspecified atom stereocenters. The van der Waals surface area contributed by atoms with Gasteiger partial charge in [0.25, 0.3) is 0 Å². The van der Waals surface area contributed by atoms with Crippen LogP contribution >= 0.6 is 0 Å². The number of nitrogens with two attached hydrogens (primary N) is 1. The zero-order chi connectivity index (χ0) is 10.5. The number of rotatable bonds is 5. The lowest BCUT2D eigenvalue weighted by Gasteiger charge is -2.15. The molecule has 15 heavy (non-hydrogen) atoms. The largest absolute Gasteiger partial charge is 0.337 e. The highest BCUT2D eigenvalue weighted by molar-refractivity contribution is 4.77. The first-order chi connectivity index (χ1) is 7.38. The van der Waals surface area contributed by atoms with Crippen LogP contribution in [0, 0.1) is 5.92 Å². The van der Waals surface area contributed by atoms with Gasteiger partial charge in [-0.25, -0.2) is 4.98 Å². The number of hydrogen-bond donors (Lipinski definition) is 1. The summed E-state index contributed by atoms with van der Waals surface area (Å²) in [7, 11) is 0. The molecule has 0 spiro atoms. The molecule has 84 valence electrons. The number of nitrogens with zero attached hydrogens (tertiary/aromatic N) is 3. The Bertz CT molecular complexity index is 270. The van der Waals surface area contributed by atoms with Crippen LogP contribution in [0.4, 0.5) is 0 Å². The minimum Gasteiger partial charge on any atom is -0.337 e. The van der Waals surface area contributed by atoms with Gasteiger partial charge in [0.05, 0.1) is 6.33 Å². The quantitative estimate of drug-likeness (QED) is 0.769. The van der Waals surface area contributed by atoms with Gasteiger partial charge in [-0.2, -0.15) is 0 Å². The smallest absolute Gasteiger partial charge is 0.0945 e. The lowest BCUT2D eigenvalue weighted by atomic mass is 10.1. The second-order valence-electron chi connectivity index (χ2n) is 4.35. The van der Waals surface area contributed by atoms with E-state index in [1.54, 1.807) is 0 Å². The molecule has 0 aliphatic carbocycles. The van der Waals surface area contributed by atoms with Crippen LogP contribution in [-0.4, -0.2) is 40.6 Å². The summed E-state index contributed by atoms with van der Waals surface area (Å²) >= 11 is 0. The van der Waals surface area contributed by atoms with Crippen LogP contribution in [0.5, 0.6) is 0 Å². The van der Waals surface area contributed by atoms with Gasteiger partial charge in [0.1, 0.15) is 0 Å². The molecule has 1 aliphatic rings. The molecule has 1 saturated heterocycles. The summed E-state index contributed by atoms with van der Waals surface area (Å²) in [6.45, 7) is 5.53. The van der Waals surface area contributed by atoms with Crippen molar-refractivity contribution in [2.75, 3.05) is 26.2 Å². The van der Waals surface area contributed by atoms with Crippen LogP contribution < -0.4 is 5.73 Å². The van der Waals surface area contributed by atoms with Gasteiger partial charge in [-0.05, 0) is 38.4 Å². The predicted octanol–water partition coefficient (Wildman–Crippen LogP) is 0.554. The van der Waals surface area contributed by atoms with Gasteiger partial charge in [0.2, 0.25) is 0 Å². The van der Waals surface area contributed by atoms with Crippen LogP contribution in [0.1, 0.15) is 12.8 Å². The molecule has 0 saturated carbocycles. The molecule has 0 aromatic carbocycles. The van der Waals surface area contributed by atoms with Crippen molar-refractivity contribution in [2.24, 2.45) is 11.7 Å². The molecule has 2 rings (SSSR count). The molecule has 1 aliphatic heterocycles. The molecule has 1 atom stereocenters. The van der Waals surface area contributed by atoms with Crippen LogP contribution in [-0.2, 0) is 6.54 Å². The van der Waals surface area contributed by atoms with Crippen molar-refractivity contribution < 1.29 is 0 Å². The SMILES string of the molecule is NCC1CCN(CCCn2ccnc2)C1. The van der Waals surface area contributed by atoms with Crippen molar-refractivity contribution in [2.45, 2.75) is 19.4 Å². The molecule has 4 heteroatoms. The third-order valence-corrected chi connectivity index (χ3v) is 3.15. The van der Waals surface area contributed by atoms with E-state index in [1.165, 1.54) is 32.5 Å². The lowest BCUT2D eigenvalue weighted by Crippen LogP contribution is -2.24. The van der Waals surface area contributed by atoms with E-state index in [2.05, 4.69) is 14.5 Å². The number of aromatic nitrogens is 2. The molecule has 0 bridgehead atoms. The Hall–Kier alpha value is -0.870. The fraction of sp³-hybridized carbons (Fsp3) is 0.727. The highest BCUT2D eigenvalue weighted by Gasteiger charge is 2.20. The monoisotopic (exact) mass is 208 g/mol. The number of hydrogen-bond acceptors (Lipinski definition) is 3. The van der Waals surface area contributed by atoms with E-state index in [1.807, 2.05) is 18.7 Å². The third kappa shape index (κ3) is 3.04. The molecule has 1 aromatic heterocycles. The maximum Gasteiger partial charge on any atom is 0.0945 e. The first kappa shape index (κ1) is 10.6. The topological polar surface area (TPSA) is 47.1 Å². The van der Waals surface area contributed by atoms with Crippen LogP contribution in [0.3, 0.4) is 0 Å². The normalized spacial score (nSPS) is 22.3. The van der Waals surface area contributed by atoms with E-state index in [9.17, 15) is 0 Å². The number of likely N-dealkylation sites (tertiary alicyclic amines) is 1. The molecular formula is C11H20N4. The predicted molar refractivity (Wildman–Crippen MR) is 60.4 cm³/mol. The summed E-state index contributed by atoms with van der Waals surface area (Å²) in [6, 6.07) is 0. The van der Waals surface area contributed by atoms with E-state index < -0.39 is 0 Å². The molecule has 0 radical (unpaired) electrons. The van der Waals surface area contributed by atoms with Crippen molar-refractivity contribution in [1.29, 1.82) is 0 Å². The van der Waals surface area contributed by atoms with E-state index in [4.69, 9.17) is 5.73 Å². The standard InChI is InChI=1S/C11H20N4/c12-8-11-2-6-14(9-11)4-1-5-15-7-3-13-10-15/h3,7,10-11H,1-2,4-6,8-9,12H2. The number of aryl methyl sites for hydroxylation is 1. The fourth-order valence-electron chi connectivity index (χ4n) is 2.20. The first-order valence-electron chi connectivity index (χ1n) is 5.76. The van der Waals surface area contributed by atoms with Crippen molar-refractivity contribution in [3.63, 3.8) is 0 Å². The van der Waals surface area contributed by atoms with Gasteiger partial charge >= 0.3 is 0 Å². The van der Waals surface area contributed by atoms with Gasteiger partial charge in [0.15, 0.2) is 0 Å². The van der Waals surface area contributed by atoms with Gasteiger partial charge in [0, 0.05) is 25.5 Å². The summed E-state index contributed by atoms with van der Waals surface area (Å²) in [6.07, 6.45) is 8.22. The van der Waals surface area contributed by atoms with E-state index in [0.29, 0.717) is 0 Å². The minimum absolute atomic E-state index is 0.734. The van der Waals surface area contributed by atoms with Crippen molar-refractivity contribution in [3.8, 4) is 0 Å². The molecular weight excluding hydrogens is 188 g/mol. The Labute approximate surface area is 91.1 Å². The first-order valence-corrected chi connectivity index (χ1v) is 5.76. The Kier molecular flexibility index (Phi) is 3.75. The van der Waals surface area contributed by atoms with E-state index in [-0.39, 0.29) is 0 Å². The summed E-state index contributed by atoms with van der Waals surface area (Å²) in [5.41, 5.74) is 5.66. The number of imidazole rings is 1. The molecule has 1 aromatic rings. The average molecular weight is 208 g/mol. The fourth-order valence-corrected chi connectivity index (χ4v) is 2.20. The maximum absolute atomic E-state index is 5.66. The highest BCUT2D eigenvalue weighted by Crippen LogP contribution is 2.14. The summed E-state index contributed by atoms with van der Waals surface area (Å²) < 4.78 is 2.14. The summed E-state index contributed by atoms with van der Waals surface area (Å²) in [5, 5.41) is 0.